The van der Waals surface area contributed by atoms with Crippen LogP contribution in [-0.2, 0) is 0 Å². The van der Waals surface area contributed by atoms with E-state index < -0.39 is 0 Å². The number of likely N-dealkylation sites (tertiary alicyclic amines) is 1. The van der Waals surface area contributed by atoms with E-state index in [1.807, 2.05) is 0 Å². The molecule has 2 rings (SSSR count). The normalized spacial score (nSPS) is 32.6. The molecular weight excluding hydrogens is 208 g/mol. The Hall–Kier alpha value is -0.0800. The van der Waals surface area contributed by atoms with Gasteiger partial charge in [0.05, 0.1) is 0 Å². The highest BCUT2D eigenvalue weighted by Crippen LogP contribution is 2.37. The van der Waals surface area contributed by atoms with E-state index in [4.69, 9.17) is 0 Å². The largest absolute Gasteiger partial charge is 0.313 e. The van der Waals surface area contributed by atoms with Crippen LogP contribution >= 0.6 is 0 Å². The Morgan fingerprint density at radius 1 is 1.18 bits per heavy atom. The molecule has 0 radical (unpaired) electrons. The van der Waals surface area contributed by atoms with Crippen molar-refractivity contribution >= 4 is 0 Å². The van der Waals surface area contributed by atoms with Crippen molar-refractivity contribution < 1.29 is 0 Å². The van der Waals surface area contributed by atoms with Crippen molar-refractivity contribution in [2.75, 3.05) is 26.2 Å². The quantitative estimate of drug-likeness (QED) is 0.765. The van der Waals surface area contributed by atoms with E-state index in [9.17, 15) is 0 Å². The molecule has 1 heterocycles. The van der Waals surface area contributed by atoms with Crippen molar-refractivity contribution in [1.29, 1.82) is 0 Å². The highest BCUT2D eigenvalue weighted by molar-refractivity contribution is 4.90. The molecule has 2 heteroatoms. The van der Waals surface area contributed by atoms with Crippen molar-refractivity contribution in [2.24, 2.45) is 17.8 Å². The molecule has 0 aromatic heterocycles. The van der Waals surface area contributed by atoms with Gasteiger partial charge in [-0.05, 0) is 37.1 Å². The summed E-state index contributed by atoms with van der Waals surface area (Å²) in [5.41, 5.74) is 0. The molecule has 1 aliphatic carbocycles. The van der Waals surface area contributed by atoms with Crippen LogP contribution in [0.15, 0.2) is 0 Å². The monoisotopic (exact) mass is 238 g/mol. The van der Waals surface area contributed by atoms with Gasteiger partial charge in [-0.15, -0.1) is 0 Å². The van der Waals surface area contributed by atoms with Crippen molar-refractivity contribution in [2.45, 2.75) is 52.5 Å². The number of nitrogens with one attached hydrogen (secondary N) is 1. The summed E-state index contributed by atoms with van der Waals surface area (Å²) in [7, 11) is 0. The Morgan fingerprint density at radius 3 is 2.35 bits per heavy atom. The second-order valence-corrected chi connectivity index (χ2v) is 6.22. The zero-order chi connectivity index (χ0) is 12.3. The molecule has 1 aliphatic heterocycles. The molecular formula is C15H30N2. The van der Waals surface area contributed by atoms with E-state index in [1.54, 1.807) is 0 Å². The van der Waals surface area contributed by atoms with Crippen LogP contribution in [-0.4, -0.2) is 37.1 Å². The van der Waals surface area contributed by atoms with E-state index in [1.165, 1.54) is 45.3 Å². The second kappa shape index (κ2) is 6.19. The fourth-order valence-electron chi connectivity index (χ4n) is 3.75. The molecule has 0 aromatic carbocycles. The zero-order valence-electron chi connectivity index (χ0n) is 11.9. The summed E-state index contributed by atoms with van der Waals surface area (Å²) in [5, 5.41) is 3.68. The molecule has 1 saturated carbocycles. The minimum absolute atomic E-state index is 0.698. The predicted molar refractivity (Wildman–Crippen MR) is 74.2 cm³/mol. The third kappa shape index (κ3) is 3.23. The SMILES string of the molecule is CCNC(CN1CC2CCCC2C1)C(C)CC. The van der Waals surface area contributed by atoms with Crippen molar-refractivity contribution in [3.8, 4) is 0 Å². The minimum Gasteiger partial charge on any atom is -0.313 e. The van der Waals surface area contributed by atoms with E-state index in [0.717, 1.165) is 24.3 Å². The smallest absolute Gasteiger partial charge is 0.0220 e. The molecule has 1 N–H and O–H groups in total. The van der Waals surface area contributed by atoms with Crippen LogP contribution in [0.4, 0.5) is 0 Å². The average molecular weight is 238 g/mol. The Morgan fingerprint density at radius 2 is 1.82 bits per heavy atom. The number of rotatable bonds is 6. The maximum Gasteiger partial charge on any atom is 0.0220 e. The molecule has 2 nitrogen and oxygen atoms in total. The maximum atomic E-state index is 3.68. The van der Waals surface area contributed by atoms with Gasteiger partial charge in [-0.1, -0.05) is 33.6 Å². The first-order valence-corrected chi connectivity index (χ1v) is 7.70. The molecule has 2 fully saturated rings. The van der Waals surface area contributed by atoms with Gasteiger partial charge in [-0.25, -0.2) is 0 Å². The van der Waals surface area contributed by atoms with Crippen LogP contribution in [0.25, 0.3) is 0 Å². The van der Waals surface area contributed by atoms with Gasteiger partial charge in [0.25, 0.3) is 0 Å². The molecule has 0 spiro atoms. The van der Waals surface area contributed by atoms with Crippen LogP contribution in [0, 0.1) is 17.8 Å². The van der Waals surface area contributed by atoms with E-state index >= 15 is 0 Å². The summed E-state index contributed by atoms with van der Waals surface area (Å²) >= 11 is 0. The predicted octanol–water partition coefficient (Wildman–Crippen LogP) is 2.74. The molecule has 0 aromatic rings. The van der Waals surface area contributed by atoms with E-state index in [0.29, 0.717) is 6.04 Å². The molecule has 4 atom stereocenters. The Bertz CT molecular complexity index is 217. The number of fused-ring (bicyclic) bond motifs is 1. The summed E-state index contributed by atoms with van der Waals surface area (Å²) in [6, 6.07) is 0.698. The Balaban J connectivity index is 1.82. The van der Waals surface area contributed by atoms with Crippen molar-refractivity contribution in [1.82, 2.24) is 10.2 Å². The molecule has 0 amide bonds. The summed E-state index contributed by atoms with van der Waals surface area (Å²) in [6.45, 7) is 12.1. The lowest BCUT2D eigenvalue weighted by Crippen LogP contribution is -2.44. The maximum absolute atomic E-state index is 3.68. The minimum atomic E-state index is 0.698. The third-order valence-electron chi connectivity index (χ3n) is 5.05. The summed E-state index contributed by atoms with van der Waals surface area (Å²) in [5.74, 6) is 2.87. The Kier molecular flexibility index (Phi) is 4.87. The fourth-order valence-corrected chi connectivity index (χ4v) is 3.75. The van der Waals surface area contributed by atoms with Gasteiger partial charge < -0.3 is 10.2 Å². The number of likely N-dealkylation sites (N-methyl/N-ethyl adjacent to an activating group) is 1. The lowest BCUT2D eigenvalue weighted by atomic mass is 9.98. The fraction of sp³-hybridized carbons (Fsp3) is 1.00. The second-order valence-electron chi connectivity index (χ2n) is 6.22. The standard InChI is InChI=1S/C15H30N2/c1-4-12(3)15(16-5-2)11-17-9-13-7-6-8-14(13)10-17/h12-16H,4-11H2,1-3H3. The van der Waals surface area contributed by atoms with Crippen LogP contribution in [0.1, 0.15) is 46.5 Å². The molecule has 2 aliphatic rings. The van der Waals surface area contributed by atoms with E-state index in [2.05, 4.69) is 31.0 Å². The van der Waals surface area contributed by atoms with Crippen LogP contribution in [0.5, 0.6) is 0 Å². The van der Waals surface area contributed by atoms with Crippen molar-refractivity contribution in [3.05, 3.63) is 0 Å². The topological polar surface area (TPSA) is 15.3 Å². The Labute approximate surface area is 107 Å². The van der Waals surface area contributed by atoms with Crippen LogP contribution in [0.3, 0.4) is 0 Å². The molecule has 1 saturated heterocycles. The van der Waals surface area contributed by atoms with Crippen molar-refractivity contribution in [3.63, 3.8) is 0 Å². The zero-order valence-corrected chi connectivity index (χ0v) is 11.9. The first kappa shape index (κ1) is 13.4. The first-order valence-electron chi connectivity index (χ1n) is 7.70. The van der Waals surface area contributed by atoms with Gasteiger partial charge in [-0.2, -0.15) is 0 Å². The highest BCUT2D eigenvalue weighted by Gasteiger charge is 2.36. The molecule has 4 unspecified atom stereocenters. The van der Waals surface area contributed by atoms with Crippen LogP contribution < -0.4 is 5.32 Å². The summed E-state index contributed by atoms with van der Waals surface area (Å²) < 4.78 is 0. The first-order chi connectivity index (χ1) is 8.24. The average Bonchev–Trinajstić information content (AvgIpc) is 2.88. The third-order valence-corrected chi connectivity index (χ3v) is 5.05. The number of hydrogen-bond donors (Lipinski definition) is 1. The van der Waals surface area contributed by atoms with E-state index in [-0.39, 0.29) is 0 Å². The van der Waals surface area contributed by atoms with Gasteiger partial charge >= 0.3 is 0 Å². The summed E-state index contributed by atoms with van der Waals surface area (Å²) in [4.78, 5) is 2.73. The van der Waals surface area contributed by atoms with Crippen LogP contribution in [0.2, 0.25) is 0 Å². The van der Waals surface area contributed by atoms with Gasteiger partial charge in [0.1, 0.15) is 0 Å². The lowest BCUT2D eigenvalue weighted by molar-refractivity contribution is 0.234. The number of hydrogen-bond acceptors (Lipinski definition) is 2. The lowest BCUT2D eigenvalue weighted by Gasteiger charge is -2.29. The van der Waals surface area contributed by atoms with Gasteiger partial charge in [0.2, 0.25) is 0 Å². The van der Waals surface area contributed by atoms with Gasteiger partial charge in [-0.3, -0.25) is 0 Å². The number of nitrogens with zero attached hydrogens (tertiary/aromatic N) is 1. The molecule has 0 bridgehead atoms. The molecule has 17 heavy (non-hydrogen) atoms. The van der Waals surface area contributed by atoms with Gasteiger partial charge in [0.15, 0.2) is 0 Å². The molecule has 100 valence electrons. The highest BCUT2D eigenvalue weighted by atomic mass is 15.2. The summed E-state index contributed by atoms with van der Waals surface area (Å²) in [6.07, 6.45) is 5.77. The van der Waals surface area contributed by atoms with Gasteiger partial charge in [0, 0.05) is 25.7 Å².